The summed E-state index contributed by atoms with van der Waals surface area (Å²) in [5, 5.41) is 11.8. The second-order valence-corrected chi connectivity index (χ2v) is 4.59. The average Bonchev–Trinajstić information content (AvgIpc) is 2.38. The van der Waals surface area contributed by atoms with Crippen LogP contribution in [0, 0.1) is 17.0 Å². The van der Waals surface area contributed by atoms with E-state index in [0.29, 0.717) is 10.6 Å². The third-order valence-electron chi connectivity index (χ3n) is 2.79. The molecule has 0 saturated carbocycles. The van der Waals surface area contributed by atoms with Gasteiger partial charge in [0, 0.05) is 11.1 Å². The van der Waals surface area contributed by atoms with Crippen LogP contribution < -0.4 is 0 Å². The predicted molar refractivity (Wildman–Crippen MR) is 77.5 cm³/mol. The van der Waals surface area contributed by atoms with E-state index in [4.69, 9.17) is 11.6 Å². The molecule has 0 aliphatic heterocycles. The molecule has 19 heavy (non-hydrogen) atoms. The van der Waals surface area contributed by atoms with Crippen molar-refractivity contribution in [3.63, 3.8) is 0 Å². The molecular weight excluding hydrogens is 262 g/mol. The summed E-state index contributed by atoms with van der Waals surface area (Å²) in [6.07, 6.45) is 1.57. The van der Waals surface area contributed by atoms with Crippen molar-refractivity contribution in [2.75, 3.05) is 0 Å². The van der Waals surface area contributed by atoms with E-state index < -0.39 is 0 Å². The van der Waals surface area contributed by atoms with Crippen molar-refractivity contribution in [3.05, 3.63) is 80.4 Å². The summed E-state index contributed by atoms with van der Waals surface area (Å²) in [5.74, 6) is 0. The third kappa shape index (κ3) is 3.20. The van der Waals surface area contributed by atoms with Gasteiger partial charge >= 0.3 is 0 Å². The van der Waals surface area contributed by atoms with Crippen molar-refractivity contribution in [2.45, 2.75) is 6.92 Å². The summed E-state index contributed by atoms with van der Waals surface area (Å²) >= 11 is 5.88. The lowest BCUT2D eigenvalue weighted by Crippen LogP contribution is -1.98. The zero-order valence-corrected chi connectivity index (χ0v) is 11.1. The van der Waals surface area contributed by atoms with E-state index in [1.807, 2.05) is 13.0 Å². The normalized spacial score (nSPS) is 11.4. The van der Waals surface area contributed by atoms with E-state index in [2.05, 4.69) is 0 Å². The molecule has 2 aromatic rings. The minimum atomic E-state index is -0.372. The van der Waals surface area contributed by atoms with Crippen molar-refractivity contribution < 1.29 is 4.92 Å². The van der Waals surface area contributed by atoms with E-state index in [1.54, 1.807) is 48.5 Å². The fraction of sp³-hybridized carbons (Fsp3) is 0.0667. The second kappa shape index (κ2) is 5.67. The Balaban J connectivity index is 2.51. The summed E-state index contributed by atoms with van der Waals surface area (Å²) in [5.41, 5.74) is 2.36. The van der Waals surface area contributed by atoms with Gasteiger partial charge in [0.2, 0.25) is 0 Å². The Morgan fingerprint density at radius 2 is 1.89 bits per heavy atom. The Morgan fingerprint density at radius 3 is 2.47 bits per heavy atom. The quantitative estimate of drug-likeness (QED) is 0.472. The standard InChI is InChI=1S/C15H12ClNO2/c1-11-9-14(16)8-7-13(11)10-15(17(18)19)12-5-3-2-4-6-12/h2-10H,1H3/b15-10+. The maximum Gasteiger partial charge on any atom is 0.277 e. The van der Waals surface area contributed by atoms with Gasteiger partial charge in [-0.3, -0.25) is 10.1 Å². The maximum absolute atomic E-state index is 11.2. The van der Waals surface area contributed by atoms with Crippen LogP contribution in [0.1, 0.15) is 16.7 Å². The van der Waals surface area contributed by atoms with Crippen molar-refractivity contribution >= 4 is 23.4 Å². The summed E-state index contributed by atoms with van der Waals surface area (Å²) in [6, 6.07) is 14.1. The van der Waals surface area contributed by atoms with Gasteiger partial charge in [-0.15, -0.1) is 0 Å². The first kappa shape index (κ1) is 13.3. The number of nitro groups is 1. The number of hydrogen-bond acceptors (Lipinski definition) is 2. The van der Waals surface area contributed by atoms with Gasteiger partial charge in [0.25, 0.3) is 5.70 Å². The molecule has 0 amide bonds. The highest BCUT2D eigenvalue weighted by molar-refractivity contribution is 6.30. The highest BCUT2D eigenvalue weighted by Crippen LogP contribution is 2.22. The largest absolute Gasteiger partial charge is 0.277 e. The van der Waals surface area contributed by atoms with E-state index >= 15 is 0 Å². The summed E-state index contributed by atoms with van der Waals surface area (Å²) in [6.45, 7) is 1.88. The molecular formula is C15H12ClNO2. The van der Waals surface area contributed by atoms with Crippen LogP contribution in [0.3, 0.4) is 0 Å². The number of nitrogens with zero attached hydrogens (tertiary/aromatic N) is 1. The lowest BCUT2D eigenvalue weighted by Gasteiger charge is -2.02. The Bertz CT molecular complexity index is 636. The van der Waals surface area contributed by atoms with Crippen LogP contribution in [0.5, 0.6) is 0 Å². The van der Waals surface area contributed by atoms with Crippen molar-refractivity contribution in [1.29, 1.82) is 0 Å². The molecule has 0 unspecified atom stereocenters. The fourth-order valence-electron chi connectivity index (χ4n) is 1.80. The van der Waals surface area contributed by atoms with Crippen molar-refractivity contribution in [2.24, 2.45) is 0 Å². The van der Waals surface area contributed by atoms with E-state index in [9.17, 15) is 10.1 Å². The van der Waals surface area contributed by atoms with Gasteiger partial charge in [0.15, 0.2) is 0 Å². The Labute approximate surface area is 116 Å². The summed E-state index contributed by atoms with van der Waals surface area (Å²) in [4.78, 5) is 10.8. The maximum atomic E-state index is 11.2. The van der Waals surface area contributed by atoms with Crippen LogP contribution >= 0.6 is 11.6 Å². The molecule has 0 bridgehead atoms. The smallest absolute Gasteiger partial charge is 0.258 e. The van der Waals surface area contributed by atoms with E-state index in [-0.39, 0.29) is 10.6 Å². The number of rotatable bonds is 3. The lowest BCUT2D eigenvalue weighted by molar-refractivity contribution is -0.374. The number of aryl methyl sites for hydroxylation is 1. The van der Waals surface area contributed by atoms with Gasteiger partial charge in [-0.2, -0.15) is 0 Å². The van der Waals surface area contributed by atoms with Crippen molar-refractivity contribution in [3.8, 4) is 0 Å². The molecule has 96 valence electrons. The molecule has 0 atom stereocenters. The van der Waals surface area contributed by atoms with Crippen LogP contribution in [0.25, 0.3) is 11.8 Å². The van der Waals surface area contributed by atoms with Gasteiger partial charge in [-0.25, -0.2) is 0 Å². The first-order valence-electron chi connectivity index (χ1n) is 5.75. The molecule has 0 saturated heterocycles. The fourth-order valence-corrected chi connectivity index (χ4v) is 2.03. The number of halogens is 1. The minimum absolute atomic E-state index is 0.0750. The van der Waals surface area contributed by atoms with Gasteiger partial charge < -0.3 is 0 Å². The predicted octanol–water partition coefficient (Wildman–Crippen LogP) is 4.42. The van der Waals surface area contributed by atoms with Crippen LogP contribution in [0.4, 0.5) is 0 Å². The van der Waals surface area contributed by atoms with Gasteiger partial charge in [0.05, 0.1) is 10.5 Å². The summed E-state index contributed by atoms with van der Waals surface area (Å²) < 4.78 is 0. The zero-order valence-electron chi connectivity index (χ0n) is 10.3. The van der Waals surface area contributed by atoms with Crippen molar-refractivity contribution in [1.82, 2.24) is 0 Å². The van der Waals surface area contributed by atoms with E-state index in [0.717, 1.165) is 11.1 Å². The molecule has 2 rings (SSSR count). The zero-order chi connectivity index (χ0) is 13.8. The molecule has 0 N–H and O–H groups in total. The molecule has 0 heterocycles. The van der Waals surface area contributed by atoms with Crippen LogP contribution in [-0.4, -0.2) is 4.92 Å². The average molecular weight is 274 g/mol. The number of benzene rings is 2. The highest BCUT2D eigenvalue weighted by Gasteiger charge is 2.14. The minimum Gasteiger partial charge on any atom is -0.258 e. The lowest BCUT2D eigenvalue weighted by atomic mass is 10.1. The Morgan fingerprint density at radius 1 is 1.21 bits per heavy atom. The highest BCUT2D eigenvalue weighted by atomic mass is 35.5. The van der Waals surface area contributed by atoms with Crippen LogP contribution in [0.2, 0.25) is 5.02 Å². The third-order valence-corrected chi connectivity index (χ3v) is 3.03. The van der Waals surface area contributed by atoms with Gasteiger partial charge in [-0.1, -0.05) is 35.9 Å². The monoisotopic (exact) mass is 273 g/mol. The van der Waals surface area contributed by atoms with Crippen LogP contribution in [0.15, 0.2) is 48.5 Å². The molecule has 0 radical (unpaired) electrons. The molecule has 2 aromatic carbocycles. The first-order chi connectivity index (χ1) is 9.08. The second-order valence-electron chi connectivity index (χ2n) is 4.15. The molecule has 3 nitrogen and oxygen atoms in total. The number of hydrogen-bond donors (Lipinski definition) is 0. The molecule has 0 fully saturated rings. The molecule has 0 aromatic heterocycles. The summed E-state index contributed by atoms with van der Waals surface area (Å²) in [7, 11) is 0. The molecule has 0 aliphatic carbocycles. The van der Waals surface area contributed by atoms with Crippen LogP contribution in [-0.2, 0) is 0 Å². The Hall–Kier alpha value is -2.13. The Kier molecular flexibility index (Phi) is 3.97. The SMILES string of the molecule is Cc1cc(Cl)ccc1/C=C(\c1ccccc1)[N+](=O)[O-]. The van der Waals surface area contributed by atoms with Gasteiger partial charge in [0.1, 0.15) is 0 Å². The molecule has 0 spiro atoms. The topological polar surface area (TPSA) is 43.1 Å². The molecule has 4 heteroatoms. The first-order valence-corrected chi connectivity index (χ1v) is 6.13. The van der Waals surface area contributed by atoms with E-state index in [1.165, 1.54) is 0 Å². The molecule has 0 aliphatic rings. The van der Waals surface area contributed by atoms with Gasteiger partial charge in [-0.05, 0) is 42.3 Å².